The number of aliphatic hydroxyl groups excluding tert-OH is 1. The van der Waals surface area contributed by atoms with Crippen molar-refractivity contribution < 1.29 is 23.4 Å². The van der Waals surface area contributed by atoms with Crippen LogP contribution in [-0.4, -0.2) is 42.2 Å². The van der Waals surface area contributed by atoms with Gasteiger partial charge in [0, 0.05) is 5.92 Å². The third kappa shape index (κ3) is 3.42. The molecule has 2 aliphatic rings. The van der Waals surface area contributed by atoms with Crippen LogP contribution in [0.4, 0.5) is 0 Å². The molecular weight excluding hydrogens is 292 g/mol. The normalized spacial score (nSPS) is 39.2. The van der Waals surface area contributed by atoms with Gasteiger partial charge in [-0.2, -0.15) is 0 Å². The monoisotopic (exact) mass is 318 g/mol. The number of carboxylic acid groups (broad SMARTS) is 1. The zero-order valence-electron chi connectivity index (χ0n) is 12.6. The molecule has 2 unspecified atom stereocenters. The van der Waals surface area contributed by atoms with Crippen molar-refractivity contribution in [3.8, 4) is 0 Å². The summed E-state index contributed by atoms with van der Waals surface area (Å²) < 4.78 is 23.4. The van der Waals surface area contributed by atoms with Crippen molar-refractivity contribution >= 4 is 15.8 Å². The summed E-state index contributed by atoms with van der Waals surface area (Å²) in [6.45, 7) is 2.14. The second-order valence-corrected chi connectivity index (χ2v) is 8.95. The molecule has 2 N–H and O–H groups in total. The Balaban J connectivity index is 2.12. The van der Waals surface area contributed by atoms with Gasteiger partial charge < -0.3 is 10.2 Å². The highest BCUT2D eigenvalue weighted by atomic mass is 32.2. The van der Waals surface area contributed by atoms with Crippen LogP contribution in [0.5, 0.6) is 0 Å². The molecule has 0 radical (unpaired) electrons. The lowest BCUT2D eigenvalue weighted by atomic mass is 9.62. The highest BCUT2D eigenvalue weighted by molar-refractivity contribution is 7.91. The first-order valence-electron chi connectivity index (χ1n) is 7.92. The topological polar surface area (TPSA) is 91.7 Å². The van der Waals surface area contributed by atoms with Gasteiger partial charge in [-0.3, -0.25) is 4.79 Å². The van der Waals surface area contributed by atoms with Gasteiger partial charge in [0.15, 0.2) is 9.84 Å². The Morgan fingerprint density at radius 1 is 1.24 bits per heavy atom. The van der Waals surface area contributed by atoms with Crippen molar-refractivity contribution in [2.45, 2.75) is 58.0 Å². The summed E-state index contributed by atoms with van der Waals surface area (Å²) in [5, 5.41) is 19.7. The van der Waals surface area contributed by atoms with E-state index in [4.69, 9.17) is 0 Å². The van der Waals surface area contributed by atoms with Gasteiger partial charge in [0.2, 0.25) is 0 Å². The Morgan fingerprint density at radius 2 is 1.86 bits per heavy atom. The fourth-order valence-corrected chi connectivity index (χ4v) is 6.05. The minimum absolute atomic E-state index is 0.180. The molecule has 0 aromatic carbocycles. The molecule has 1 aliphatic heterocycles. The van der Waals surface area contributed by atoms with E-state index in [1.54, 1.807) is 0 Å². The van der Waals surface area contributed by atoms with E-state index >= 15 is 0 Å². The number of unbranched alkanes of at least 4 members (excludes halogenated alkanes) is 1. The maximum atomic E-state index is 11.8. The quantitative estimate of drug-likeness (QED) is 0.807. The maximum absolute atomic E-state index is 11.8. The molecule has 2 fully saturated rings. The summed E-state index contributed by atoms with van der Waals surface area (Å²) in [6, 6.07) is 0. The van der Waals surface area contributed by atoms with Crippen LogP contribution in [0.25, 0.3) is 0 Å². The van der Waals surface area contributed by atoms with Crippen LogP contribution in [0.3, 0.4) is 0 Å². The third-order valence-corrected chi connectivity index (χ3v) is 7.14. The van der Waals surface area contributed by atoms with Crippen LogP contribution in [-0.2, 0) is 14.6 Å². The molecule has 21 heavy (non-hydrogen) atoms. The largest absolute Gasteiger partial charge is 0.481 e. The predicted molar refractivity (Wildman–Crippen MR) is 79.7 cm³/mol. The molecule has 0 bridgehead atoms. The fraction of sp³-hybridized carbons (Fsp3) is 0.933. The fourth-order valence-electron chi connectivity index (χ4n) is 4.07. The van der Waals surface area contributed by atoms with E-state index in [0.717, 1.165) is 32.1 Å². The Kier molecular flexibility index (Phi) is 4.98. The SMILES string of the molecule is CCCCC1CCC(C(=O)O)(C2CS(=O)(=O)CC2O)CC1. The Morgan fingerprint density at radius 3 is 2.29 bits per heavy atom. The average Bonchev–Trinajstić information content (AvgIpc) is 2.70. The zero-order chi connectivity index (χ0) is 15.7. The molecule has 0 aromatic rings. The highest BCUT2D eigenvalue weighted by Crippen LogP contribution is 2.49. The standard InChI is InChI=1S/C15H26O5S/c1-2-3-4-11-5-7-15(8-6-11,14(17)18)12-9-21(19,20)10-13(12)16/h11-13,16H,2-10H2,1H3,(H,17,18). The van der Waals surface area contributed by atoms with Crippen molar-refractivity contribution in [2.24, 2.45) is 17.3 Å². The molecule has 1 aliphatic carbocycles. The predicted octanol–water partition coefficient (Wildman–Crippen LogP) is 1.84. The number of carboxylic acids is 1. The molecule has 1 saturated carbocycles. The van der Waals surface area contributed by atoms with Gasteiger partial charge in [-0.05, 0) is 31.6 Å². The molecule has 1 heterocycles. The smallest absolute Gasteiger partial charge is 0.310 e. The van der Waals surface area contributed by atoms with Crippen molar-refractivity contribution in [3.63, 3.8) is 0 Å². The first-order valence-corrected chi connectivity index (χ1v) is 9.75. The minimum atomic E-state index is -3.31. The lowest BCUT2D eigenvalue weighted by Crippen LogP contribution is -2.46. The second-order valence-electron chi connectivity index (χ2n) is 6.80. The van der Waals surface area contributed by atoms with Crippen molar-refractivity contribution in [3.05, 3.63) is 0 Å². The Bertz CT molecular complexity index is 476. The van der Waals surface area contributed by atoms with Crippen molar-refractivity contribution in [1.29, 1.82) is 0 Å². The van der Waals surface area contributed by atoms with Crippen LogP contribution >= 0.6 is 0 Å². The van der Waals surface area contributed by atoms with Gasteiger partial charge >= 0.3 is 5.97 Å². The number of rotatable bonds is 5. The van der Waals surface area contributed by atoms with Gasteiger partial charge in [0.05, 0.1) is 23.0 Å². The van der Waals surface area contributed by atoms with E-state index < -0.39 is 33.2 Å². The number of sulfone groups is 1. The molecule has 0 amide bonds. The second kappa shape index (κ2) is 6.24. The van der Waals surface area contributed by atoms with Gasteiger partial charge in [-0.15, -0.1) is 0 Å². The van der Waals surface area contributed by atoms with Gasteiger partial charge in [0.25, 0.3) is 0 Å². The lowest BCUT2D eigenvalue weighted by Gasteiger charge is -2.41. The average molecular weight is 318 g/mol. The molecule has 1 saturated heterocycles. The Hall–Kier alpha value is -0.620. The summed E-state index contributed by atoms with van der Waals surface area (Å²) in [7, 11) is -3.31. The molecule has 6 heteroatoms. The molecule has 2 rings (SSSR count). The van der Waals surface area contributed by atoms with Gasteiger partial charge in [0.1, 0.15) is 0 Å². The van der Waals surface area contributed by atoms with Crippen LogP contribution in [0, 0.1) is 17.3 Å². The number of hydrogen-bond acceptors (Lipinski definition) is 4. The number of aliphatic hydroxyl groups is 1. The maximum Gasteiger partial charge on any atom is 0.310 e. The summed E-state index contributed by atoms with van der Waals surface area (Å²) in [5.74, 6) is -1.50. The van der Waals surface area contributed by atoms with E-state index in [2.05, 4.69) is 6.92 Å². The summed E-state index contributed by atoms with van der Waals surface area (Å²) in [4.78, 5) is 11.8. The van der Waals surface area contributed by atoms with Crippen LogP contribution in [0.1, 0.15) is 51.9 Å². The zero-order valence-corrected chi connectivity index (χ0v) is 13.4. The van der Waals surface area contributed by atoms with Gasteiger partial charge in [-0.1, -0.05) is 26.2 Å². The van der Waals surface area contributed by atoms with Crippen LogP contribution in [0.2, 0.25) is 0 Å². The molecular formula is C15H26O5S. The minimum Gasteiger partial charge on any atom is -0.481 e. The molecule has 0 spiro atoms. The van der Waals surface area contributed by atoms with Crippen molar-refractivity contribution in [2.75, 3.05) is 11.5 Å². The number of hydrogen-bond donors (Lipinski definition) is 2. The van der Waals surface area contributed by atoms with Gasteiger partial charge in [-0.25, -0.2) is 8.42 Å². The van der Waals surface area contributed by atoms with E-state index in [1.807, 2.05) is 0 Å². The Labute approximate surface area is 126 Å². The third-order valence-electron chi connectivity index (χ3n) is 5.42. The number of carbonyl (C=O) groups is 1. The molecule has 0 aromatic heterocycles. The molecule has 5 nitrogen and oxygen atoms in total. The molecule has 2 atom stereocenters. The van der Waals surface area contributed by atoms with Crippen LogP contribution in [0.15, 0.2) is 0 Å². The first-order chi connectivity index (χ1) is 9.81. The van der Waals surface area contributed by atoms with E-state index in [0.29, 0.717) is 18.8 Å². The summed E-state index contributed by atoms with van der Waals surface area (Å²) in [6.07, 6.45) is 5.04. The lowest BCUT2D eigenvalue weighted by molar-refractivity contribution is -0.158. The van der Waals surface area contributed by atoms with Crippen LogP contribution < -0.4 is 0 Å². The summed E-state index contributed by atoms with van der Waals surface area (Å²) >= 11 is 0. The molecule has 122 valence electrons. The first kappa shape index (κ1) is 16.7. The highest BCUT2D eigenvalue weighted by Gasteiger charge is 2.55. The van der Waals surface area contributed by atoms with E-state index in [-0.39, 0.29) is 11.5 Å². The number of aliphatic carboxylic acids is 1. The van der Waals surface area contributed by atoms with E-state index in [1.165, 1.54) is 0 Å². The summed E-state index contributed by atoms with van der Waals surface area (Å²) in [5.41, 5.74) is -1.05. The van der Waals surface area contributed by atoms with E-state index in [9.17, 15) is 23.4 Å². The van der Waals surface area contributed by atoms with Crippen molar-refractivity contribution in [1.82, 2.24) is 0 Å².